The van der Waals surface area contributed by atoms with E-state index < -0.39 is 15.7 Å². The van der Waals surface area contributed by atoms with Crippen molar-refractivity contribution in [3.63, 3.8) is 0 Å². The van der Waals surface area contributed by atoms with E-state index in [0.29, 0.717) is 39.6 Å². The second kappa shape index (κ2) is 8.70. The van der Waals surface area contributed by atoms with E-state index in [-0.39, 0.29) is 11.7 Å². The molecule has 8 heteroatoms. The van der Waals surface area contributed by atoms with Gasteiger partial charge < -0.3 is 10.1 Å². The van der Waals surface area contributed by atoms with Crippen molar-refractivity contribution < 1.29 is 22.3 Å². The van der Waals surface area contributed by atoms with Crippen molar-refractivity contribution in [2.45, 2.75) is 24.5 Å². The highest BCUT2D eigenvalue weighted by Gasteiger charge is 2.25. The molecule has 0 atom stereocenters. The third kappa shape index (κ3) is 5.13. The Morgan fingerprint density at radius 3 is 2.62 bits per heavy atom. The van der Waals surface area contributed by atoms with Crippen LogP contribution < -0.4 is 10.1 Å². The van der Waals surface area contributed by atoms with E-state index >= 15 is 0 Å². The molecule has 1 saturated carbocycles. The summed E-state index contributed by atoms with van der Waals surface area (Å²) < 4.78 is 42.6. The summed E-state index contributed by atoms with van der Waals surface area (Å²) in [6, 6.07) is 11.2. The van der Waals surface area contributed by atoms with Gasteiger partial charge in [-0.1, -0.05) is 6.07 Å². The van der Waals surface area contributed by atoms with E-state index in [4.69, 9.17) is 4.74 Å². The second-order valence-corrected chi connectivity index (χ2v) is 10.2. The van der Waals surface area contributed by atoms with Crippen LogP contribution in [0.4, 0.5) is 10.1 Å². The zero-order valence-electron chi connectivity index (χ0n) is 17.8. The normalized spacial score (nSPS) is 13.6. The number of ether oxygens (including phenoxy) is 1. The average Bonchev–Trinajstić information content (AvgIpc) is 3.58. The van der Waals surface area contributed by atoms with Crippen molar-refractivity contribution in [3.05, 3.63) is 77.4 Å². The Balaban J connectivity index is 1.69. The van der Waals surface area contributed by atoms with Crippen LogP contribution >= 0.6 is 0 Å². The number of benzene rings is 2. The third-order valence-electron chi connectivity index (χ3n) is 5.28. The van der Waals surface area contributed by atoms with Gasteiger partial charge in [-0.2, -0.15) is 0 Å². The first-order valence-corrected chi connectivity index (χ1v) is 12.2. The second-order valence-electron chi connectivity index (χ2n) is 8.03. The highest BCUT2D eigenvalue weighted by atomic mass is 32.2. The van der Waals surface area contributed by atoms with Gasteiger partial charge in [-0.05, 0) is 60.2 Å². The number of hydrogen-bond acceptors (Lipinski definition) is 5. The molecule has 166 valence electrons. The highest BCUT2D eigenvalue weighted by Crippen LogP contribution is 2.41. The summed E-state index contributed by atoms with van der Waals surface area (Å²) in [5.41, 5.74) is 3.62. The van der Waals surface area contributed by atoms with Crippen LogP contribution in [-0.4, -0.2) is 32.7 Å². The number of rotatable bonds is 7. The lowest BCUT2D eigenvalue weighted by atomic mass is 10.0. The zero-order chi connectivity index (χ0) is 22.9. The van der Waals surface area contributed by atoms with Gasteiger partial charge in [0.15, 0.2) is 9.84 Å². The van der Waals surface area contributed by atoms with Crippen molar-refractivity contribution in [1.82, 2.24) is 4.98 Å². The molecule has 4 rings (SSSR count). The van der Waals surface area contributed by atoms with Gasteiger partial charge in [-0.25, -0.2) is 12.8 Å². The van der Waals surface area contributed by atoms with Crippen molar-refractivity contribution in [3.8, 4) is 16.9 Å². The number of pyridine rings is 1. The van der Waals surface area contributed by atoms with E-state index in [1.807, 2.05) is 12.1 Å². The quantitative estimate of drug-likeness (QED) is 0.565. The van der Waals surface area contributed by atoms with E-state index in [2.05, 4.69) is 10.3 Å². The van der Waals surface area contributed by atoms with Crippen molar-refractivity contribution >= 4 is 21.4 Å². The van der Waals surface area contributed by atoms with Crippen LogP contribution in [0.1, 0.15) is 40.2 Å². The maximum atomic E-state index is 13.6. The topological polar surface area (TPSA) is 85.4 Å². The molecule has 1 N–H and O–H groups in total. The molecule has 0 bridgehead atoms. The summed E-state index contributed by atoms with van der Waals surface area (Å²) in [7, 11) is -1.79. The highest BCUT2D eigenvalue weighted by molar-refractivity contribution is 7.89. The first-order valence-electron chi connectivity index (χ1n) is 10.1. The van der Waals surface area contributed by atoms with E-state index in [0.717, 1.165) is 18.4 Å². The van der Waals surface area contributed by atoms with Gasteiger partial charge in [0.25, 0.3) is 5.91 Å². The summed E-state index contributed by atoms with van der Waals surface area (Å²) in [4.78, 5) is 17.2. The molecule has 1 fully saturated rings. The van der Waals surface area contributed by atoms with Crippen LogP contribution in [0, 0.1) is 5.82 Å². The van der Waals surface area contributed by atoms with Gasteiger partial charge in [-0.15, -0.1) is 0 Å². The minimum Gasteiger partial charge on any atom is -0.496 e. The fourth-order valence-electron chi connectivity index (χ4n) is 3.70. The number of nitrogens with one attached hydrogen (secondary N) is 1. The van der Waals surface area contributed by atoms with Gasteiger partial charge in [0.2, 0.25) is 0 Å². The van der Waals surface area contributed by atoms with E-state index in [1.54, 1.807) is 24.4 Å². The number of halogens is 1. The van der Waals surface area contributed by atoms with Crippen LogP contribution in [0.25, 0.3) is 11.1 Å². The first kappa shape index (κ1) is 22.0. The smallest absolute Gasteiger partial charge is 0.255 e. The standard InChI is InChI=1S/C24H23FN2O4S/c1-31-23-12-19(25)5-6-21(23)20-7-8-26-13-22(20)27-24(28)18-10-15(14-32(2,29)30)9-17(11-18)16-3-4-16/h5-13,16H,3-4,14H2,1-2H3,(H,27,28). The molecule has 1 aromatic heterocycles. The molecule has 1 aliphatic carbocycles. The SMILES string of the molecule is COc1cc(F)ccc1-c1ccncc1NC(=O)c1cc(CS(C)(=O)=O)cc(C2CC2)c1. The van der Waals surface area contributed by atoms with Gasteiger partial charge in [0.05, 0.1) is 24.7 Å². The van der Waals surface area contributed by atoms with Crippen molar-refractivity contribution in [1.29, 1.82) is 0 Å². The Kier molecular flexibility index (Phi) is 5.97. The number of anilines is 1. The van der Waals surface area contributed by atoms with Crippen molar-refractivity contribution in [2.75, 3.05) is 18.7 Å². The van der Waals surface area contributed by atoms with Gasteiger partial charge in [-0.3, -0.25) is 9.78 Å². The molecule has 0 aliphatic heterocycles. The van der Waals surface area contributed by atoms with Gasteiger partial charge in [0, 0.05) is 35.2 Å². The summed E-state index contributed by atoms with van der Waals surface area (Å²) in [5.74, 6) is -0.242. The lowest BCUT2D eigenvalue weighted by Crippen LogP contribution is -2.14. The summed E-state index contributed by atoms with van der Waals surface area (Å²) in [5, 5.41) is 2.87. The molecule has 3 aromatic rings. The van der Waals surface area contributed by atoms with Crippen LogP contribution in [-0.2, 0) is 15.6 Å². The number of hydrogen-bond donors (Lipinski definition) is 1. The van der Waals surface area contributed by atoms with Crippen LogP contribution in [0.3, 0.4) is 0 Å². The largest absolute Gasteiger partial charge is 0.496 e. The molecule has 0 spiro atoms. The van der Waals surface area contributed by atoms with E-state index in [1.165, 1.54) is 31.7 Å². The fraction of sp³-hybridized carbons (Fsp3) is 0.250. The molecule has 1 heterocycles. The molecular formula is C24H23FN2O4S. The lowest BCUT2D eigenvalue weighted by Gasteiger charge is -2.14. The Morgan fingerprint density at radius 2 is 1.94 bits per heavy atom. The number of carbonyl (C=O) groups excluding carboxylic acids is 1. The maximum Gasteiger partial charge on any atom is 0.255 e. The fourth-order valence-corrected chi connectivity index (χ4v) is 4.47. The minimum absolute atomic E-state index is 0.126. The molecule has 2 aromatic carbocycles. The molecular weight excluding hydrogens is 431 g/mol. The molecule has 0 unspecified atom stereocenters. The number of amides is 1. The predicted octanol–water partition coefficient (Wildman–Crippen LogP) is 4.57. The Labute approximate surface area is 186 Å². The summed E-state index contributed by atoms with van der Waals surface area (Å²) in [6.07, 6.45) is 6.32. The molecule has 1 amide bonds. The summed E-state index contributed by atoms with van der Waals surface area (Å²) >= 11 is 0. The summed E-state index contributed by atoms with van der Waals surface area (Å²) in [6.45, 7) is 0. The molecule has 0 saturated heterocycles. The Hall–Kier alpha value is -3.26. The molecule has 1 aliphatic rings. The first-order chi connectivity index (χ1) is 15.2. The zero-order valence-corrected chi connectivity index (χ0v) is 18.6. The number of carbonyl (C=O) groups is 1. The Bertz CT molecular complexity index is 1290. The van der Waals surface area contributed by atoms with Crippen LogP contribution in [0.2, 0.25) is 0 Å². The van der Waals surface area contributed by atoms with Crippen LogP contribution in [0.15, 0.2) is 54.9 Å². The number of aromatic nitrogens is 1. The van der Waals surface area contributed by atoms with Crippen LogP contribution in [0.5, 0.6) is 5.75 Å². The van der Waals surface area contributed by atoms with Gasteiger partial charge >= 0.3 is 0 Å². The minimum atomic E-state index is -3.24. The van der Waals surface area contributed by atoms with E-state index in [9.17, 15) is 17.6 Å². The number of methoxy groups -OCH3 is 1. The predicted molar refractivity (Wildman–Crippen MR) is 121 cm³/mol. The number of nitrogens with zero attached hydrogens (tertiary/aromatic N) is 1. The lowest BCUT2D eigenvalue weighted by molar-refractivity contribution is 0.102. The molecule has 0 radical (unpaired) electrons. The molecule has 6 nitrogen and oxygen atoms in total. The molecule has 32 heavy (non-hydrogen) atoms. The van der Waals surface area contributed by atoms with Gasteiger partial charge in [0.1, 0.15) is 11.6 Å². The monoisotopic (exact) mass is 454 g/mol. The average molecular weight is 455 g/mol. The maximum absolute atomic E-state index is 13.6. The third-order valence-corrected chi connectivity index (χ3v) is 6.14. The number of sulfone groups is 1. The Morgan fingerprint density at radius 1 is 1.16 bits per heavy atom. The van der Waals surface area contributed by atoms with Crippen molar-refractivity contribution in [2.24, 2.45) is 0 Å².